The lowest BCUT2D eigenvalue weighted by Crippen LogP contribution is -2.41. The molecule has 8 bridgehead atoms. The van der Waals surface area contributed by atoms with Gasteiger partial charge in [0.05, 0.1) is 45.2 Å². The van der Waals surface area contributed by atoms with Crippen molar-refractivity contribution in [3.05, 3.63) is 118 Å². The van der Waals surface area contributed by atoms with Gasteiger partial charge in [-0.2, -0.15) is 0 Å². The summed E-state index contributed by atoms with van der Waals surface area (Å²) in [6.45, 7) is 44.2. The number of benzene rings is 2. The van der Waals surface area contributed by atoms with Crippen LogP contribution in [0.15, 0.2) is 72.8 Å². The van der Waals surface area contributed by atoms with E-state index in [0.717, 1.165) is 78.0 Å². The summed E-state index contributed by atoms with van der Waals surface area (Å²) >= 11 is 0. The molecule has 2 saturated heterocycles. The first-order chi connectivity index (χ1) is 32.1. The van der Waals surface area contributed by atoms with Crippen LogP contribution in [0.3, 0.4) is 0 Å². The number of fused-ring (bicyclic) bond motifs is 8. The minimum atomic E-state index is -0.646. The van der Waals surface area contributed by atoms with Gasteiger partial charge >= 0.3 is 14.2 Å². The highest BCUT2D eigenvalue weighted by molar-refractivity contribution is 6.71. The van der Waals surface area contributed by atoms with Gasteiger partial charge in [-0.15, -0.1) is 0 Å². The fraction of sp³-hybridized carbons (Fsp3) is 0.467. The van der Waals surface area contributed by atoms with Crippen molar-refractivity contribution in [2.75, 3.05) is 0 Å². The van der Waals surface area contributed by atoms with Crippen molar-refractivity contribution < 1.29 is 18.6 Å². The van der Waals surface area contributed by atoms with E-state index in [1.165, 1.54) is 22.3 Å². The topological polar surface area (TPSA) is 94.3 Å². The molecule has 366 valence electrons. The number of nitrogens with one attached hydrogen (secondary N) is 2. The molecule has 8 nitrogen and oxygen atoms in total. The second kappa shape index (κ2) is 16.3. The van der Waals surface area contributed by atoms with Crippen LogP contribution in [-0.2, 0) is 40.3 Å². The average Bonchev–Trinajstić information content (AvgIpc) is 4.07. The van der Waals surface area contributed by atoms with Crippen LogP contribution in [0.1, 0.15) is 184 Å². The molecule has 0 radical (unpaired) electrons. The summed E-state index contributed by atoms with van der Waals surface area (Å²) in [7, 11) is -1.29. The van der Waals surface area contributed by atoms with E-state index in [9.17, 15) is 0 Å². The van der Waals surface area contributed by atoms with Crippen LogP contribution in [0.4, 0.5) is 0 Å². The first kappa shape index (κ1) is 50.0. The molecule has 2 fully saturated rings. The van der Waals surface area contributed by atoms with E-state index in [-0.39, 0.29) is 21.7 Å². The molecule has 4 aliphatic rings. The standard InChI is InChI=1S/C60H76B2N4O4/c1-53(2,3)37-25-35(26-38(29-37)54(4,5)6)51-45-23-21-41(63-45)31-48-44(62-69-59(17,18)60(19,20)70-62)34-50(66-48)52(36-27-39(55(7,8)9)30-40(28-36)56(10,11)12)46-24-22-42(64-46)32-47-43(33-49(51)65-47)61-67-57(13,14)58(15,16)68-61/h21-34,63-64H,1-20H3. The Morgan fingerprint density at radius 3 is 0.957 bits per heavy atom. The van der Waals surface area contributed by atoms with Gasteiger partial charge in [-0.25, -0.2) is 9.97 Å². The highest BCUT2D eigenvalue weighted by Crippen LogP contribution is 2.46. The normalized spacial score (nSPS) is 18.9. The Kier molecular flexibility index (Phi) is 11.6. The van der Waals surface area contributed by atoms with Gasteiger partial charge in [-0.3, -0.25) is 0 Å². The van der Waals surface area contributed by atoms with Gasteiger partial charge in [0, 0.05) is 44.1 Å². The predicted octanol–water partition coefficient (Wildman–Crippen LogP) is 15.2. The number of aromatic nitrogens is 4. The van der Waals surface area contributed by atoms with Crippen LogP contribution >= 0.6 is 0 Å². The zero-order valence-corrected chi connectivity index (χ0v) is 45.8. The van der Waals surface area contributed by atoms with Crippen molar-refractivity contribution >= 4 is 59.4 Å². The molecule has 0 aliphatic carbocycles. The fourth-order valence-electron chi connectivity index (χ4n) is 9.44. The predicted molar refractivity (Wildman–Crippen MR) is 295 cm³/mol. The van der Waals surface area contributed by atoms with Crippen molar-refractivity contribution in [2.45, 2.75) is 183 Å². The Morgan fingerprint density at radius 1 is 0.400 bits per heavy atom. The molecule has 0 amide bonds. The van der Waals surface area contributed by atoms with E-state index in [2.05, 4.69) is 233 Å². The molecule has 10 heteroatoms. The van der Waals surface area contributed by atoms with E-state index in [1.807, 2.05) is 0 Å². The maximum Gasteiger partial charge on any atom is 0.497 e. The molecule has 0 atom stereocenters. The quantitative estimate of drug-likeness (QED) is 0.174. The summed E-state index contributed by atoms with van der Waals surface area (Å²) in [4.78, 5) is 18.9. The minimum Gasteiger partial charge on any atom is -0.399 e. The third kappa shape index (κ3) is 9.12. The van der Waals surface area contributed by atoms with Gasteiger partial charge in [0.25, 0.3) is 0 Å². The lowest BCUT2D eigenvalue weighted by molar-refractivity contribution is 0.00578. The molecule has 2 aromatic carbocycles. The molecule has 5 aromatic rings. The number of nitrogens with zero attached hydrogens (tertiary/aromatic N) is 2. The zero-order valence-electron chi connectivity index (χ0n) is 45.8. The molecule has 7 heterocycles. The first-order valence-corrected chi connectivity index (χ1v) is 25.3. The molecular weight excluding hydrogens is 862 g/mol. The van der Waals surface area contributed by atoms with E-state index >= 15 is 0 Å². The Balaban J connectivity index is 1.42. The van der Waals surface area contributed by atoms with Crippen LogP contribution < -0.4 is 0 Å². The fourth-order valence-corrected chi connectivity index (χ4v) is 9.44. The van der Waals surface area contributed by atoms with Crippen LogP contribution in [-0.4, -0.2) is 56.6 Å². The smallest absolute Gasteiger partial charge is 0.399 e. The van der Waals surface area contributed by atoms with Crippen molar-refractivity contribution in [1.82, 2.24) is 19.9 Å². The maximum absolute atomic E-state index is 6.83. The number of hydrogen-bond donors (Lipinski definition) is 2. The van der Waals surface area contributed by atoms with E-state index in [1.54, 1.807) is 0 Å². The third-order valence-electron chi connectivity index (χ3n) is 15.6. The van der Waals surface area contributed by atoms with Gasteiger partial charge in [0.2, 0.25) is 0 Å². The monoisotopic (exact) mass is 939 g/mol. The lowest BCUT2D eigenvalue weighted by Gasteiger charge is -2.32. The summed E-state index contributed by atoms with van der Waals surface area (Å²) in [6.07, 6.45) is 4.36. The SMILES string of the molecule is CC(C)(C)c1cc(-c2c3nc(cc4ccc([nH]4)c(-c4cc(C(C)(C)C)cc(C(C)(C)C)c4)c4nc(cc5ccc2[nH]5)C(B2OC(C)(C)C(C)(C)O2)=C4)C(B2OC(C)(C)C(C)(C)O2)=C3)cc(C(C)(C)C)c1. The molecule has 0 spiro atoms. The highest BCUT2D eigenvalue weighted by atomic mass is 16.7. The largest absolute Gasteiger partial charge is 0.497 e. The summed E-state index contributed by atoms with van der Waals surface area (Å²) in [5, 5.41) is 0. The van der Waals surface area contributed by atoms with Crippen molar-refractivity contribution in [3.63, 3.8) is 0 Å². The van der Waals surface area contributed by atoms with Gasteiger partial charge < -0.3 is 28.6 Å². The molecule has 9 rings (SSSR count). The molecule has 70 heavy (non-hydrogen) atoms. The van der Waals surface area contributed by atoms with Gasteiger partial charge in [0.15, 0.2) is 0 Å². The van der Waals surface area contributed by atoms with Crippen molar-refractivity contribution in [3.8, 4) is 22.3 Å². The Labute approximate surface area is 418 Å². The summed E-state index contributed by atoms with van der Waals surface area (Å²) in [5.74, 6) is 0. The summed E-state index contributed by atoms with van der Waals surface area (Å²) < 4.78 is 27.3. The number of rotatable bonds is 4. The lowest BCUT2D eigenvalue weighted by atomic mass is 9.76. The number of H-pyrrole nitrogens is 2. The van der Waals surface area contributed by atoms with Crippen LogP contribution in [0.5, 0.6) is 0 Å². The van der Waals surface area contributed by atoms with Gasteiger partial charge in [-0.1, -0.05) is 119 Å². The molecule has 4 aliphatic heterocycles. The molecule has 2 N–H and O–H groups in total. The Morgan fingerprint density at radius 2 is 0.686 bits per heavy atom. The van der Waals surface area contributed by atoms with Crippen molar-refractivity contribution in [2.24, 2.45) is 0 Å². The number of aromatic amines is 2. The number of hydrogen-bond acceptors (Lipinski definition) is 6. The summed E-state index contributed by atoms with van der Waals surface area (Å²) in [5.41, 5.74) is 15.1. The molecular formula is C60H76B2N4O4. The van der Waals surface area contributed by atoms with Crippen LogP contribution in [0.2, 0.25) is 0 Å². The van der Waals surface area contributed by atoms with Crippen LogP contribution in [0, 0.1) is 0 Å². The maximum atomic E-state index is 6.83. The van der Waals surface area contributed by atoms with Gasteiger partial charge in [-0.05, 0) is 159 Å². The van der Waals surface area contributed by atoms with E-state index in [0.29, 0.717) is 0 Å². The van der Waals surface area contributed by atoms with E-state index < -0.39 is 36.6 Å². The van der Waals surface area contributed by atoms with E-state index in [4.69, 9.17) is 28.6 Å². The Bertz CT molecular complexity index is 2860. The van der Waals surface area contributed by atoms with Crippen LogP contribution in [0.25, 0.3) is 67.4 Å². The molecule has 0 unspecified atom stereocenters. The molecule has 0 saturated carbocycles. The third-order valence-corrected chi connectivity index (χ3v) is 15.6. The summed E-state index contributed by atoms with van der Waals surface area (Å²) in [6, 6.07) is 27.0. The average molecular weight is 939 g/mol. The molecule has 3 aromatic heterocycles. The first-order valence-electron chi connectivity index (χ1n) is 25.3. The Hall–Kier alpha value is -4.99. The highest BCUT2D eigenvalue weighted by Gasteiger charge is 2.54. The minimum absolute atomic E-state index is 0.107. The second-order valence-electron chi connectivity index (χ2n) is 26.4. The van der Waals surface area contributed by atoms with Gasteiger partial charge in [0.1, 0.15) is 0 Å². The zero-order chi connectivity index (χ0) is 51.1. The second-order valence-corrected chi connectivity index (χ2v) is 26.4. The van der Waals surface area contributed by atoms with Crippen molar-refractivity contribution in [1.29, 1.82) is 0 Å².